The van der Waals surface area contributed by atoms with Gasteiger partial charge in [0.15, 0.2) is 6.10 Å². The van der Waals surface area contributed by atoms with Crippen LogP contribution in [-0.2, 0) is 28.6 Å². The van der Waals surface area contributed by atoms with Gasteiger partial charge in [-0.3, -0.25) is 4.79 Å². The number of ether oxygens (including phenoxy) is 3. The van der Waals surface area contributed by atoms with E-state index in [9.17, 15) is 14.4 Å². The van der Waals surface area contributed by atoms with Crippen LogP contribution in [0, 0.1) is 0 Å². The normalized spacial score (nSPS) is 28.0. The molecule has 0 radical (unpaired) electrons. The monoisotopic (exact) mass is 218 g/mol. The van der Waals surface area contributed by atoms with Crippen LogP contribution in [0.25, 0.3) is 0 Å². The predicted molar refractivity (Wildman–Crippen MR) is 43.9 cm³/mol. The van der Waals surface area contributed by atoms with Gasteiger partial charge in [-0.25, -0.2) is 9.59 Å². The summed E-state index contributed by atoms with van der Waals surface area (Å²) < 4.78 is 13.4. The van der Waals surface area contributed by atoms with Gasteiger partial charge in [0.2, 0.25) is 5.60 Å². The lowest BCUT2D eigenvalue weighted by Gasteiger charge is -2.07. The third kappa shape index (κ3) is 1.91. The molecule has 0 spiro atoms. The van der Waals surface area contributed by atoms with Gasteiger partial charge in [-0.1, -0.05) is 0 Å². The first-order chi connectivity index (χ1) is 6.97. The fourth-order valence-corrected chi connectivity index (χ4v) is 1.25. The van der Waals surface area contributed by atoms with Crippen LogP contribution in [-0.4, -0.2) is 48.9 Å². The molecule has 1 fully saturated rings. The highest BCUT2D eigenvalue weighted by atomic mass is 16.7. The van der Waals surface area contributed by atoms with Gasteiger partial charge in [-0.2, -0.15) is 0 Å². The first-order valence-corrected chi connectivity index (χ1v) is 4.04. The van der Waals surface area contributed by atoms with Crippen LogP contribution >= 0.6 is 0 Å². The molecule has 1 N–H and O–H groups in total. The number of hydrogen-bond acceptors (Lipinski definition) is 6. The highest BCUT2D eigenvalue weighted by Gasteiger charge is 2.69. The zero-order valence-corrected chi connectivity index (χ0v) is 8.18. The molecule has 0 amide bonds. The van der Waals surface area contributed by atoms with E-state index >= 15 is 0 Å². The van der Waals surface area contributed by atoms with Crippen LogP contribution in [0.2, 0.25) is 0 Å². The average molecular weight is 218 g/mol. The lowest BCUT2D eigenvalue weighted by Crippen LogP contribution is -2.34. The lowest BCUT2D eigenvalue weighted by molar-refractivity contribution is -0.153. The number of carbonyl (C=O) groups excluding carboxylic acids is 2. The van der Waals surface area contributed by atoms with Crippen LogP contribution in [0.1, 0.15) is 6.42 Å². The van der Waals surface area contributed by atoms with Crippen molar-refractivity contribution in [2.24, 2.45) is 0 Å². The minimum Gasteiger partial charge on any atom is -0.479 e. The van der Waals surface area contributed by atoms with Crippen molar-refractivity contribution in [2.45, 2.75) is 18.1 Å². The molecule has 1 heterocycles. The van der Waals surface area contributed by atoms with Crippen LogP contribution in [0.15, 0.2) is 0 Å². The maximum absolute atomic E-state index is 11.2. The van der Waals surface area contributed by atoms with E-state index in [4.69, 9.17) is 9.84 Å². The van der Waals surface area contributed by atoms with E-state index in [1.165, 1.54) is 0 Å². The molecule has 0 aromatic rings. The van der Waals surface area contributed by atoms with Crippen molar-refractivity contribution >= 4 is 17.9 Å². The van der Waals surface area contributed by atoms with Crippen molar-refractivity contribution in [1.29, 1.82) is 0 Å². The van der Waals surface area contributed by atoms with E-state index in [2.05, 4.69) is 9.47 Å². The molecular formula is C8H10O7. The molecule has 1 saturated heterocycles. The Kier molecular flexibility index (Phi) is 2.94. The van der Waals surface area contributed by atoms with Crippen molar-refractivity contribution in [3.05, 3.63) is 0 Å². The minimum absolute atomic E-state index is 0.465. The number of carboxylic acid groups (broad SMARTS) is 1. The second-order valence-corrected chi connectivity index (χ2v) is 2.97. The smallest absolute Gasteiger partial charge is 0.342 e. The molecule has 2 atom stereocenters. The Hall–Kier alpha value is -1.63. The number of aliphatic carboxylic acids is 1. The molecule has 7 heteroatoms. The molecule has 0 saturated carbocycles. The molecule has 0 aromatic heterocycles. The molecule has 1 aliphatic rings. The van der Waals surface area contributed by atoms with Crippen molar-refractivity contribution in [2.75, 3.05) is 14.2 Å². The Morgan fingerprint density at radius 3 is 2.27 bits per heavy atom. The molecule has 2 unspecified atom stereocenters. The molecule has 1 rings (SSSR count). The van der Waals surface area contributed by atoms with E-state index in [0.717, 1.165) is 14.2 Å². The predicted octanol–water partition coefficient (Wildman–Crippen LogP) is -1.06. The summed E-state index contributed by atoms with van der Waals surface area (Å²) in [5.41, 5.74) is -1.71. The quantitative estimate of drug-likeness (QED) is 0.474. The van der Waals surface area contributed by atoms with E-state index in [-0.39, 0.29) is 0 Å². The number of epoxide rings is 1. The Balaban J connectivity index is 2.78. The molecule has 0 aliphatic carbocycles. The molecule has 84 valence electrons. The van der Waals surface area contributed by atoms with E-state index < -0.39 is 36.0 Å². The largest absolute Gasteiger partial charge is 0.479 e. The highest BCUT2D eigenvalue weighted by Crippen LogP contribution is 2.41. The Morgan fingerprint density at radius 2 is 1.93 bits per heavy atom. The first kappa shape index (κ1) is 11.4. The van der Waals surface area contributed by atoms with Crippen LogP contribution in [0.3, 0.4) is 0 Å². The highest BCUT2D eigenvalue weighted by molar-refractivity contribution is 5.96. The standard InChI is InChI=1S/C8H10O7/c1-13-4(9)3-8(7(12)14-2)5(15-8)6(10)11/h5H,3H2,1-2H3,(H,10,11). The Morgan fingerprint density at radius 1 is 1.33 bits per heavy atom. The van der Waals surface area contributed by atoms with E-state index in [1.807, 2.05) is 0 Å². The van der Waals surface area contributed by atoms with Gasteiger partial charge in [0.1, 0.15) is 0 Å². The summed E-state index contributed by atoms with van der Waals surface area (Å²) in [5, 5.41) is 8.63. The fraction of sp³-hybridized carbons (Fsp3) is 0.625. The lowest BCUT2D eigenvalue weighted by atomic mass is 10.0. The average Bonchev–Trinajstić information content (AvgIpc) is 2.92. The number of rotatable bonds is 4. The van der Waals surface area contributed by atoms with Gasteiger partial charge in [0.05, 0.1) is 20.6 Å². The summed E-state index contributed by atoms with van der Waals surface area (Å²) >= 11 is 0. The van der Waals surface area contributed by atoms with Gasteiger partial charge in [0.25, 0.3) is 0 Å². The summed E-state index contributed by atoms with van der Waals surface area (Å²) in [4.78, 5) is 32.8. The van der Waals surface area contributed by atoms with Gasteiger partial charge < -0.3 is 19.3 Å². The second kappa shape index (κ2) is 3.85. The molecule has 1 aliphatic heterocycles. The zero-order chi connectivity index (χ0) is 11.6. The summed E-state index contributed by atoms with van der Waals surface area (Å²) in [5.74, 6) is -2.94. The summed E-state index contributed by atoms with van der Waals surface area (Å²) in [7, 11) is 2.22. The Bertz CT molecular complexity index is 310. The number of hydrogen-bond donors (Lipinski definition) is 1. The maximum atomic E-state index is 11.2. The van der Waals surface area contributed by atoms with E-state index in [0.29, 0.717) is 0 Å². The summed E-state index contributed by atoms with van der Waals surface area (Å²) in [6.45, 7) is 0. The molecular weight excluding hydrogens is 208 g/mol. The molecule has 7 nitrogen and oxygen atoms in total. The van der Waals surface area contributed by atoms with Crippen molar-refractivity contribution in [3.8, 4) is 0 Å². The van der Waals surface area contributed by atoms with Crippen LogP contribution in [0.4, 0.5) is 0 Å². The van der Waals surface area contributed by atoms with Crippen molar-refractivity contribution in [1.82, 2.24) is 0 Å². The van der Waals surface area contributed by atoms with Crippen molar-refractivity contribution in [3.63, 3.8) is 0 Å². The second-order valence-electron chi connectivity index (χ2n) is 2.97. The third-order valence-corrected chi connectivity index (χ3v) is 2.08. The Labute approximate surface area is 84.9 Å². The first-order valence-electron chi connectivity index (χ1n) is 4.04. The van der Waals surface area contributed by atoms with Gasteiger partial charge in [-0.15, -0.1) is 0 Å². The number of methoxy groups -OCH3 is 2. The zero-order valence-electron chi connectivity index (χ0n) is 8.18. The molecule has 15 heavy (non-hydrogen) atoms. The third-order valence-electron chi connectivity index (χ3n) is 2.08. The maximum Gasteiger partial charge on any atom is 0.342 e. The molecule has 0 aromatic carbocycles. The fourth-order valence-electron chi connectivity index (χ4n) is 1.25. The summed E-state index contributed by atoms with van der Waals surface area (Å²) in [6, 6.07) is 0. The number of esters is 2. The SMILES string of the molecule is COC(=O)CC1(C(=O)OC)OC1C(=O)O. The number of carbonyl (C=O) groups is 3. The van der Waals surface area contributed by atoms with Crippen LogP contribution < -0.4 is 0 Å². The van der Waals surface area contributed by atoms with Gasteiger partial charge >= 0.3 is 17.9 Å². The van der Waals surface area contributed by atoms with Crippen molar-refractivity contribution < 1.29 is 33.7 Å². The van der Waals surface area contributed by atoms with E-state index in [1.54, 1.807) is 0 Å². The topological polar surface area (TPSA) is 102 Å². The van der Waals surface area contributed by atoms with Gasteiger partial charge in [0, 0.05) is 0 Å². The van der Waals surface area contributed by atoms with Gasteiger partial charge in [-0.05, 0) is 0 Å². The van der Waals surface area contributed by atoms with Crippen LogP contribution in [0.5, 0.6) is 0 Å². The summed E-state index contributed by atoms with van der Waals surface area (Å²) in [6.07, 6.45) is -1.81. The number of carboxylic acids is 1. The molecule has 0 bridgehead atoms. The minimum atomic E-state index is -1.71.